The van der Waals surface area contributed by atoms with Crippen molar-refractivity contribution in [2.75, 3.05) is 19.8 Å². The van der Waals surface area contributed by atoms with Crippen LogP contribution in [0.3, 0.4) is 0 Å². The Morgan fingerprint density at radius 1 is 0.510 bits per heavy atom. The molecule has 0 aliphatic heterocycles. The molecule has 0 heterocycles. The Hall–Kier alpha value is -1.91. The van der Waals surface area contributed by atoms with E-state index in [2.05, 4.69) is 74.6 Å². The molecule has 0 aromatic carbocycles. The summed E-state index contributed by atoms with van der Waals surface area (Å²) in [5, 5.41) is 9.59. The van der Waals surface area contributed by atoms with Gasteiger partial charge in [0.1, 0.15) is 6.10 Å². The normalized spacial score (nSPS) is 13.0. The zero-order valence-corrected chi connectivity index (χ0v) is 32.4. The molecule has 284 valence electrons. The van der Waals surface area contributed by atoms with Gasteiger partial charge in [-0.15, -0.1) is 0 Å². The van der Waals surface area contributed by atoms with Gasteiger partial charge in [-0.3, -0.25) is 4.79 Å². The minimum absolute atomic E-state index is 0.186. The molecule has 0 bridgehead atoms. The van der Waals surface area contributed by atoms with Gasteiger partial charge in [-0.05, 0) is 57.8 Å². The number of hydrogen-bond acceptors (Lipinski definition) is 4. The van der Waals surface area contributed by atoms with E-state index in [1.54, 1.807) is 0 Å². The lowest BCUT2D eigenvalue weighted by atomic mass is 10.0. The van der Waals surface area contributed by atoms with Crippen LogP contribution in [-0.4, -0.2) is 37.0 Å². The third-order valence-corrected chi connectivity index (χ3v) is 8.86. The number of allylic oxidation sites excluding steroid dienone is 10. The third kappa shape index (κ3) is 40.4. The minimum atomic E-state index is -0.552. The fourth-order valence-electron chi connectivity index (χ4n) is 5.77. The van der Waals surface area contributed by atoms with Crippen molar-refractivity contribution >= 4 is 5.97 Å². The molecule has 0 spiro atoms. The molecular formula is C45H80O4. The van der Waals surface area contributed by atoms with E-state index in [0.717, 1.165) is 64.2 Å². The van der Waals surface area contributed by atoms with E-state index in [1.807, 2.05) is 0 Å². The van der Waals surface area contributed by atoms with E-state index in [-0.39, 0.29) is 19.2 Å². The largest absolute Gasteiger partial charge is 0.457 e. The second-order valence-electron chi connectivity index (χ2n) is 13.7. The van der Waals surface area contributed by atoms with Gasteiger partial charge in [0.05, 0.1) is 13.2 Å². The molecule has 4 heteroatoms. The van der Waals surface area contributed by atoms with Gasteiger partial charge in [0.25, 0.3) is 0 Å². The van der Waals surface area contributed by atoms with Crippen LogP contribution in [0, 0.1) is 0 Å². The lowest BCUT2D eigenvalue weighted by Gasteiger charge is -2.15. The van der Waals surface area contributed by atoms with Gasteiger partial charge in [-0.25, -0.2) is 0 Å². The van der Waals surface area contributed by atoms with E-state index in [4.69, 9.17) is 9.47 Å². The van der Waals surface area contributed by atoms with Crippen LogP contribution in [0.15, 0.2) is 60.8 Å². The minimum Gasteiger partial charge on any atom is -0.457 e. The van der Waals surface area contributed by atoms with Gasteiger partial charge in [0.15, 0.2) is 0 Å². The van der Waals surface area contributed by atoms with E-state index in [0.29, 0.717) is 13.0 Å². The van der Waals surface area contributed by atoms with Gasteiger partial charge in [0.2, 0.25) is 0 Å². The molecule has 0 saturated heterocycles. The molecule has 0 saturated carbocycles. The maximum absolute atomic E-state index is 12.2. The zero-order chi connectivity index (χ0) is 35.6. The molecule has 0 aromatic heterocycles. The average Bonchev–Trinajstić information content (AvgIpc) is 3.11. The Kier molecular flexibility index (Phi) is 40.6. The molecule has 1 N–H and O–H groups in total. The second kappa shape index (κ2) is 42.3. The molecule has 1 atom stereocenters. The smallest absolute Gasteiger partial charge is 0.306 e. The highest BCUT2D eigenvalue weighted by Crippen LogP contribution is 2.14. The van der Waals surface area contributed by atoms with Gasteiger partial charge < -0.3 is 14.6 Å². The third-order valence-electron chi connectivity index (χ3n) is 8.86. The zero-order valence-electron chi connectivity index (χ0n) is 32.4. The van der Waals surface area contributed by atoms with Crippen molar-refractivity contribution in [3.8, 4) is 0 Å². The topological polar surface area (TPSA) is 55.8 Å². The predicted molar refractivity (Wildman–Crippen MR) is 214 cm³/mol. The molecule has 4 nitrogen and oxygen atoms in total. The molecule has 0 radical (unpaired) electrons. The van der Waals surface area contributed by atoms with Crippen LogP contribution in [0.5, 0.6) is 0 Å². The number of hydrogen-bond donors (Lipinski definition) is 1. The van der Waals surface area contributed by atoms with Crippen molar-refractivity contribution < 1.29 is 19.4 Å². The fraction of sp³-hybridized carbons (Fsp3) is 0.756. The number of esters is 1. The quantitative estimate of drug-likeness (QED) is 0.0399. The van der Waals surface area contributed by atoms with Crippen LogP contribution in [-0.2, 0) is 14.3 Å². The van der Waals surface area contributed by atoms with Crippen LogP contribution in [0.25, 0.3) is 0 Å². The molecule has 49 heavy (non-hydrogen) atoms. The maximum Gasteiger partial charge on any atom is 0.306 e. The summed E-state index contributed by atoms with van der Waals surface area (Å²) in [7, 11) is 0. The summed E-state index contributed by atoms with van der Waals surface area (Å²) in [6.45, 7) is 5.21. The van der Waals surface area contributed by atoms with Crippen molar-refractivity contribution in [2.45, 2.75) is 200 Å². The highest BCUT2D eigenvalue weighted by atomic mass is 16.6. The Morgan fingerprint density at radius 3 is 1.37 bits per heavy atom. The Balaban J connectivity index is 3.50. The van der Waals surface area contributed by atoms with Crippen molar-refractivity contribution in [3.63, 3.8) is 0 Å². The summed E-state index contributed by atoms with van der Waals surface area (Å²) in [5.74, 6) is -0.231. The number of carbonyl (C=O) groups excluding carboxylic acids is 1. The Labute approximate surface area is 305 Å². The number of aliphatic hydroxyl groups excluding tert-OH is 1. The Bertz CT molecular complexity index is 809. The average molecular weight is 685 g/mol. The second-order valence-corrected chi connectivity index (χ2v) is 13.7. The SMILES string of the molecule is CC/C=C\C/C=C\C/C=C\C/C=C\C/C=C\CCCCCC(=O)OC(CO)COCCCCCCCCCCCCCCCCCCCC. The van der Waals surface area contributed by atoms with Gasteiger partial charge >= 0.3 is 5.97 Å². The number of rotatable bonds is 38. The first-order chi connectivity index (χ1) is 24.2. The Morgan fingerprint density at radius 2 is 0.918 bits per heavy atom. The molecule has 0 aliphatic carbocycles. The van der Waals surface area contributed by atoms with Gasteiger partial charge in [0, 0.05) is 13.0 Å². The lowest BCUT2D eigenvalue weighted by molar-refractivity contribution is -0.154. The van der Waals surface area contributed by atoms with Crippen LogP contribution < -0.4 is 0 Å². The highest BCUT2D eigenvalue weighted by Gasteiger charge is 2.13. The summed E-state index contributed by atoms with van der Waals surface area (Å²) in [6, 6.07) is 0. The van der Waals surface area contributed by atoms with E-state index >= 15 is 0 Å². The lowest BCUT2D eigenvalue weighted by Crippen LogP contribution is -2.27. The van der Waals surface area contributed by atoms with Crippen LogP contribution in [0.1, 0.15) is 194 Å². The molecule has 0 aliphatic rings. The number of unbranched alkanes of at least 4 members (excludes halogenated alkanes) is 20. The molecule has 0 rings (SSSR count). The summed E-state index contributed by atoms with van der Waals surface area (Å²) >= 11 is 0. The predicted octanol–water partition coefficient (Wildman–Crippen LogP) is 13.7. The standard InChI is InChI=1S/C45H80O4/c1-3-5-7-9-11-13-15-17-19-21-23-24-26-28-30-32-34-36-38-40-45(47)49-44(42-46)43-48-41-39-37-35-33-31-29-27-25-22-20-18-16-14-12-10-8-6-4-2/h5,7,11,13,17,19,23-24,28,30,44,46H,3-4,6,8-10,12,14-16,18,20-22,25-27,29,31-43H2,1-2H3/b7-5-,13-11-,19-17-,24-23-,30-28-. The maximum atomic E-state index is 12.2. The van der Waals surface area contributed by atoms with E-state index < -0.39 is 6.10 Å². The summed E-state index contributed by atoms with van der Waals surface area (Å²) < 4.78 is 11.1. The number of ether oxygens (including phenoxy) is 2. The first-order valence-corrected chi connectivity index (χ1v) is 20.9. The van der Waals surface area contributed by atoms with Crippen molar-refractivity contribution in [1.29, 1.82) is 0 Å². The highest BCUT2D eigenvalue weighted by molar-refractivity contribution is 5.69. The summed E-state index contributed by atoms with van der Waals surface area (Å²) in [6.07, 6.45) is 55.6. The molecule has 1 unspecified atom stereocenters. The first-order valence-electron chi connectivity index (χ1n) is 20.9. The molecule has 0 amide bonds. The van der Waals surface area contributed by atoms with Crippen LogP contribution in [0.2, 0.25) is 0 Å². The van der Waals surface area contributed by atoms with E-state index in [1.165, 1.54) is 109 Å². The summed E-state index contributed by atoms with van der Waals surface area (Å²) in [5.41, 5.74) is 0. The molecular weight excluding hydrogens is 604 g/mol. The van der Waals surface area contributed by atoms with Gasteiger partial charge in [-0.1, -0.05) is 190 Å². The fourth-order valence-corrected chi connectivity index (χ4v) is 5.77. The summed E-state index contributed by atoms with van der Waals surface area (Å²) in [4.78, 5) is 12.2. The van der Waals surface area contributed by atoms with Crippen LogP contribution in [0.4, 0.5) is 0 Å². The molecule has 0 fully saturated rings. The van der Waals surface area contributed by atoms with Gasteiger partial charge in [-0.2, -0.15) is 0 Å². The monoisotopic (exact) mass is 685 g/mol. The van der Waals surface area contributed by atoms with E-state index in [9.17, 15) is 9.90 Å². The van der Waals surface area contributed by atoms with Crippen LogP contribution >= 0.6 is 0 Å². The number of aliphatic hydroxyl groups is 1. The van der Waals surface area contributed by atoms with Crippen molar-refractivity contribution in [3.05, 3.63) is 60.8 Å². The first kappa shape index (κ1) is 47.1. The van der Waals surface area contributed by atoms with Crippen molar-refractivity contribution in [1.82, 2.24) is 0 Å². The molecule has 0 aromatic rings. The number of carbonyl (C=O) groups is 1. The van der Waals surface area contributed by atoms with Crippen molar-refractivity contribution in [2.24, 2.45) is 0 Å².